The van der Waals surface area contributed by atoms with E-state index in [2.05, 4.69) is 0 Å². The van der Waals surface area contributed by atoms with Gasteiger partial charge in [-0.3, -0.25) is 0 Å². The average Bonchev–Trinajstić information content (AvgIpc) is 2.26. The first-order valence-electron chi connectivity index (χ1n) is 5.81. The third-order valence-corrected chi connectivity index (χ3v) is 2.87. The van der Waals surface area contributed by atoms with Crippen LogP contribution in [0.15, 0.2) is 18.2 Å². The molecule has 0 amide bonds. The summed E-state index contributed by atoms with van der Waals surface area (Å²) in [5.41, 5.74) is -1.09. The molecule has 0 bridgehead atoms. The molecule has 0 heterocycles. The zero-order chi connectivity index (χ0) is 13.9. The zero-order valence-electron chi connectivity index (χ0n) is 10.3. The van der Waals surface area contributed by atoms with E-state index >= 15 is 0 Å². The molecule has 0 aliphatic rings. The topological polar surface area (TPSA) is 20.2 Å². The number of benzene rings is 1. The van der Waals surface area contributed by atoms with E-state index in [4.69, 9.17) is 0 Å². The molecule has 0 saturated heterocycles. The van der Waals surface area contributed by atoms with Gasteiger partial charge in [0.25, 0.3) is 0 Å². The summed E-state index contributed by atoms with van der Waals surface area (Å²) in [5.74, 6) is -1.19. The first-order valence-corrected chi connectivity index (χ1v) is 5.81. The Labute approximate surface area is 103 Å². The third-order valence-electron chi connectivity index (χ3n) is 2.87. The predicted octanol–water partition coefficient (Wildman–Crippen LogP) is 4.31. The van der Waals surface area contributed by atoms with Crippen molar-refractivity contribution in [3.63, 3.8) is 0 Å². The van der Waals surface area contributed by atoms with Crippen molar-refractivity contribution in [2.24, 2.45) is 5.92 Å². The van der Waals surface area contributed by atoms with Gasteiger partial charge in [-0.1, -0.05) is 20.3 Å². The normalized spacial score (nSPS) is 15.5. The summed E-state index contributed by atoms with van der Waals surface area (Å²) in [7, 11) is 0. The molecule has 0 aliphatic heterocycles. The van der Waals surface area contributed by atoms with Gasteiger partial charge in [0.15, 0.2) is 0 Å². The van der Waals surface area contributed by atoms with Crippen LogP contribution >= 0.6 is 0 Å². The van der Waals surface area contributed by atoms with Crippen molar-refractivity contribution in [2.45, 2.75) is 39.0 Å². The third kappa shape index (κ3) is 3.70. The van der Waals surface area contributed by atoms with Gasteiger partial charge >= 0.3 is 6.18 Å². The molecular formula is C13H16F4O. The van der Waals surface area contributed by atoms with Gasteiger partial charge in [-0.2, -0.15) is 13.2 Å². The Morgan fingerprint density at radius 2 is 1.83 bits per heavy atom. The van der Waals surface area contributed by atoms with Crippen LogP contribution in [0.3, 0.4) is 0 Å². The van der Waals surface area contributed by atoms with Crippen LogP contribution in [0.4, 0.5) is 17.6 Å². The predicted molar refractivity (Wildman–Crippen MR) is 60.4 cm³/mol. The van der Waals surface area contributed by atoms with Crippen molar-refractivity contribution in [2.75, 3.05) is 0 Å². The zero-order valence-corrected chi connectivity index (χ0v) is 10.3. The van der Waals surface area contributed by atoms with Gasteiger partial charge in [-0.25, -0.2) is 4.39 Å². The second-order valence-corrected chi connectivity index (χ2v) is 4.48. The molecule has 0 radical (unpaired) electrons. The lowest BCUT2D eigenvalue weighted by atomic mass is 9.92. The summed E-state index contributed by atoms with van der Waals surface area (Å²) in [6.07, 6.45) is -4.22. The molecule has 2 unspecified atom stereocenters. The summed E-state index contributed by atoms with van der Waals surface area (Å²) in [5, 5.41) is 9.90. The number of rotatable bonds is 4. The second kappa shape index (κ2) is 5.69. The lowest BCUT2D eigenvalue weighted by Gasteiger charge is -2.20. The maximum absolute atomic E-state index is 13.2. The fraction of sp³-hybridized carbons (Fsp3) is 0.538. The number of aliphatic hydroxyl groups excluding tert-OH is 1. The summed E-state index contributed by atoms with van der Waals surface area (Å²) >= 11 is 0. The molecule has 0 aromatic heterocycles. The van der Waals surface area contributed by atoms with Crippen LogP contribution in [0.25, 0.3) is 0 Å². The summed E-state index contributed by atoms with van der Waals surface area (Å²) in [6, 6.07) is 2.19. The van der Waals surface area contributed by atoms with Gasteiger partial charge < -0.3 is 5.11 Å². The lowest BCUT2D eigenvalue weighted by molar-refractivity contribution is -0.137. The van der Waals surface area contributed by atoms with Crippen LogP contribution in [0.5, 0.6) is 0 Å². The van der Waals surface area contributed by atoms with Crippen LogP contribution < -0.4 is 0 Å². The van der Waals surface area contributed by atoms with Crippen molar-refractivity contribution < 1.29 is 22.7 Å². The van der Waals surface area contributed by atoms with Crippen molar-refractivity contribution >= 4 is 0 Å². The Balaban J connectivity index is 3.06. The molecule has 1 aromatic carbocycles. The van der Waals surface area contributed by atoms with Crippen LogP contribution in [-0.2, 0) is 6.18 Å². The van der Waals surface area contributed by atoms with E-state index in [0.717, 1.165) is 18.6 Å². The average molecular weight is 264 g/mol. The minimum atomic E-state index is -4.61. The minimum absolute atomic E-state index is 0.0247. The van der Waals surface area contributed by atoms with E-state index in [1.54, 1.807) is 6.92 Å². The standard InChI is InChI=1S/C13H16F4O/c1-3-4-8(2)12(18)9-5-10(13(15,16)17)7-11(14)6-9/h5-8,12,18H,3-4H2,1-2H3. The molecule has 0 spiro atoms. The monoisotopic (exact) mass is 264 g/mol. The van der Waals surface area contributed by atoms with E-state index < -0.39 is 23.7 Å². The molecule has 1 aromatic rings. The van der Waals surface area contributed by atoms with Crippen molar-refractivity contribution in [1.29, 1.82) is 0 Å². The fourth-order valence-electron chi connectivity index (χ4n) is 1.89. The first-order chi connectivity index (χ1) is 8.25. The second-order valence-electron chi connectivity index (χ2n) is 4.48. The van der Waals surface area contributed by atoms with Crippen LogP contribution in [0.2, 0.25) is 0 Å². The van der Waals surface area contributed by atoms with Crippen molar-refractivity contribution in [1.82, 2.24) is 0 Å². The molecule has 0 saturated carbocycles. The Bertz CT molecular complexity index is 400. The minimum Gasteiger partial charge on any atom is -0.388 e. The van der Waals surface area contributed by atoms with E-state index in [1.165, 1.54) is 0 Å². The van der Waals surface area contributed by atoms with E-state index in [1.807, 2.05) is 6.92 Å². The highest BCUT2D eigenvalue weighted by Gasteiger charge is 2.32. The van der Waals surface area contributed by atoms with Crippen LogP contribution in [0, 0.1) is 11.7 Å². The molecule has 1 rings (SSSR count). The maximum Gasteiger partial charge on any atom is 0.416 e. The summed E-state index contributed by atoms with van der Waals surface area (Å²) < 4.78 is 50.7. The number of hydrogen-bond acceptors (Lipinski definition) is 1. The van der Waals surface area contributed by atoms with Gasteiger partial charge in [-0.15, -0.1) is 0 Å². The molecule has 102 valence electrons. The largest absolute Gasteiger partial charge is 0.416 e. The Hall–Kier alpha value is -1.10. The highest BCUT2D eigenvalue weighted by molar-refractivity contribution is 5.28. The smallest absolute Gasteiger partial charge is 0.388 e. The molecule has 5 heteroatoms. The van der Waals surface area contributed by atoms with Gasteiger partial charge in [-0.05, 0) is 36.1 Å². The fourth-order valence-corrected chi connectivity index (χ4v) is 1.89. The van der Waals surface area contributed by atoms with Crippen molar-refractivity contribution in [3.05, 3.63) is 35.1 Å². The highest BCUT2D eigenvalue weighted by atomic mass is 19.4. The van der Waals surface area contributed by atoms with Gasteiger partial charge in [0.2, 0.25) is 0 Å². The first kappa shape index (κ1) is 15.0. The molecule has 0 aliphatic carbocycles. The van der Waals surface area contributed by atoms with Crippen LogP contribution in [-0.4, -0.2) is 5.11 Å². The molecule has 2 atom stereocenters. The number of halogens is 4. The summed E-state index contributed by atoms with van der Waals surface area (Å²) in [4.78, 5) is 0. The van der Waals surface area contributed by atoms with E-state index in [0.29, 0.717) is 12.5 Å². The quantitative estimate of drug-likeness (QED) is 0.803. The highest BCUT2D eigenvalue weighted by Crippen LogP contribution is 2.33. The van der Waals surface area contributed by atoms with Gasteiger partial charge in [0.05, 0.1) is 11.7 Å². The Morgan fingerprint density at radius 3 is 2.33 bits per heavy atom. The molecular weight excluding hydrogens is 248 g/mol. The maximum atomic E-state index is 13.2. The van der Waals surface area contributed by atoms with Gasteiger partial charge in [0.1, 0.15) is 5.82 Å². The lowest BCUT2D eigenvalue weighted by Crippen LogP contribution is -2.12. The molecule has 1 nitrogen and oxygen atoms in total. The van der Waals surface area contributed by atoms with E-state index in [9.17, 15) is 22.7 Å². The van der Waals surface area contributed by atoms with Gasteiger partial charge in [0, 0.05) is 0 Å². The number of alkyl halides is 3. The number of hydrogen-bond donors (Lipinski definition) is 1. The summed E-state index contributed by atoms with van der Waals surface area (Å²) in [6.45, 7) is 3.64. The Morgan fingerprint density at radius 1 is 1.22 bits per heavy atom. The SMILES string of the molecule is CCCC(C)C(O)c1cc(F)cc(C(F)(F)F)c1. The molecule has 18 heavy (non-hydrogen) atoms. The van der Waals surface area contributed by atoms with Crippen molar-refractivity contribution in [3.8, 4) is 0 Å². The Kier molecular flexibility index (Phi) is 4.73. The number of aliphatic hydroxyl groups is 1. The molecule has 1 N–H and O–H groups in total. The van der Waals surface area contributed by atoms with E-state index in [-0.39, 0.29) is 11.5 Å². The van der Waals surface area contributed by atoms with Crippen LogP contribution in [0.1, 0.15) is 43.9 Å². The molecule has 0 fully saturated rings.